The molecular formula is C49H35N. The van der Waals surface area contributed by atoms with Crippen LogP contribution in [0.25, 0.3) is 65.3 Å². The largest absolute Gasteiger partial charge is 0.310 e. The maximum Gasteiger partial charge on any atom is 0.0468 e. The molecule has 1 nitrogen and oxygen atoms in total. The monoisotopic (exact) mass is 637 g/mol. The van der Waals surface area contributed by atoms with Gasteiger partial charge in [0.1, 0.15) is 0 Å². The summed E-state index contributed by atoms with van der Waals surface area (Å²) in [4.78, 5) is 2.43. The lowest BCUT2D eigenvalue weighted by atomic mass is 9.82. The van der Waals surface area contributed by atoms with Gasteiger partial charge in [-0.15, -0.1) is 0 Å². The van der Waals surface area contributed by atoms with Crippen LogP contribution in [0, 0.1) is 0 Å². The molecule has 0 spiro atoms. The summed E-state index contributed by atoms with van der Waals surface area (Å²) in [6.45, 7) is 4.71. The first-order chi connectivity index (χ1) is 24.5. The Morgan fingerprint density at radius 3 is 1.80 bits per heavy atom. The number of rotatable bonds is 4. The van der Waals surface area contributed by atoms with Crippen molar-refractivity contribution in [2.75, 3.05) is 4.90 Å². The van der Waals surface area contributed by atoms with E-state index in [0.29, 0.717) is 0 Å². The molecule has 0 heterocycles. The summed E-state index contributed by atoms with van der Waals surface area (Å²) in [6, 6.07) is 65.0. The third-order valence-corrected chi connectivity index (χ3v) is 11.0. The Hall–Kier alpha value is -6.18. The van der Waals surface area contributed by atoms with E-state index < -0.39 is 0 Å². The molecule has 0 amide bonds. The van der Waals surface area contributed by atoms with Crippen molar-refractivity contribution in [3.05, 3.63) is 187 Å². The molecule has 0 aliphatic heterocycles. The molecule has 10 rings (SSSR count). The number of hydrogen-bond acceptors (Lipinski definition) is 1. The lowest BCUT2D eigenvalue weighted by Gasteiger charge is -2.28. The highest BCUT2D eigenvalue weighted by molar-refractivity contribution is 6.20. The average molecular weight is 638 g/mol. The van der Waals surface area contributed by atoms with Gasteiger partial charge in [0, 0.05) is 22.5 Å². The Bertz CT molecular complexity index is 2790. The van der Waals surface area contributed by atoms with Crippen LogP contribution in [0.5, 0.6) is 0 Å². The van der Waals surface area contributed by atoms with Gasteiger partial charge < -0.3 is 4.90 Å². The Labute approximate surface area is 292 Å². The van der Waals surface area contributed by atoms with Crippen LogP contribution in [0.3, 0.4) is 0 Å². The number of hydrogen-bond donors (Lipinski definition) is 0. The standard InChI is InChI=1S/C49H35N/c1-49(2)46-14-8-7-13-44(46)45-28-26-41(31-47(45)49)50(39-23-21-33(22-24-39)37-19-15-32-9-3-4-11-36(32)29-37)40-25-27-43-38(30-40)20-18-35-17-16-34-10-5-6-12-42(34)48(35)43/h3-31H,1-2H3. The van der Waals surface area contributed by atoms with Crippen LogP contribution < -0.4 is 4.90 Å². The summed E-state index contributed by atoms with van der Waals surface area (Å²) < 4.78 is 0. The Kier molecular flexibility index (Phi) is 6.29. The summed E-state index contributed by atoms with van der Waals surface area (Å²) >= 11 is 0. The molecule has 1 aliphatic rings. The van der Waals surface area contributed by atoms with Crippen LogP contribution >= 0.6 is 0 Å². The molecule has 236 valence electrons. The third kappa shape index (κ3) is 4.40. The van der Waals surface area contributed by atoms with E-state index in [4.69, 9.17) is 0 Å². The fraction of sp³-hybridized carbons (Fsp3) is 0.0612. The van der Waals surface area contributed by atoms with Gasteiger partial charge in [0.15, 0.2) is 0 Å². The molecule has 1 heteroatoms. The molecule has 0 fully saturated rings. The van der Waals surface area contributed by atoms with Crippen molar-refractivity contribution in [1.82, 2.24) is 0 Å². The zero-order chi connectivity index (χ0) is 33.4. The van der Waals surface area contributed by atoms with Crippen molar-refractivity contribution >= 4 is 60.2 Å². The summed E-state index contributed by atoms with van der Waals surface area (Å²) in [5.41, 5.74) is 11.2. The molecule has 9 aromatic rings. The van der Waals surface area contributed by atoms with Crippen LogP contribution in [-0.4, -0.2) is 0 Å². The van der Waals surface area contributed by atoms with Gasteiger partial charge in [-0.25, -0.2) is 0 Å². The summed E-state index contributed by atoms with van der Waals surface area (Å²) in [5, 5.41) is 10.2. The normalized spacial score (nSPS) is 13.2. The molecule has 0 atom stereocenters. The van der Waals surface area contributed by atoms with E-state index in [1.807, 2.05) is 0 Å². The molecule has 0 saturated heterocycles. The van der Waals surface area contributed by atoms with Crippen LogP contribution in [0.2, 0.25) is 0 Å². The van der Waals surface area contributed by atoms with Gasteiger partial charge >= 0.3 is 0 Å². The fourth-order valence-corrected chi connectivity index (χ4v) is 8.41. The topological polar surface area (TPSA) is 3.24 Å². The van der Waals surface area contributed by atoms with Gasteiger partial charge in [0.05, 0.1) is 0 Å². The predicted molar refractivity (Wildman–Crippen MR) is 214 cm³/mol. The first-order valence-corrected chi connectivity index (χ1v) is 17.5. The number of fused-ring (bicyclic) bond motifs is 9. The van der Waals surface area contributed by atoms with E-state index in [1.54, 1.807) is 0 Å². The van der Waals surface area contributed by atoms with Crippen molar-refractivity contribution < 1.29 is 0 Å². The maximum atomic E-state index is 2.43. The zero-order valence-corrected chi connectivity index (χ0v) is 28.2. The van der Waals surface area contributed by atoms with E-state index >= 15 is 0 Å². The molecular weight excluding hydrogens is 603 g/mol. The van der Waals surface area contributed by atoms with E-state index in [2.05, 4.69) is 195 Å². The molecule has 0 radical (unpaired) electrons. The molecule has 9 aromatic carbocycles. The Morgan fingerprint density at radius 1 is 0.360 bits per heavy atom. The second-order valence-electron chi connectivity index (χ2n) is 14.2. The van der Waals surface area contributed by atoms with E-state index in [0.717, 1.165) is 17.1 Å². The van der Waals surface area contributed by atoms with Gasteiger partial charge in [-0.1, -0.05) is 147 Å². The van der Waals surface area contributed by atoms with Crippen molar-refractivity contribution in [2.45, 2.75) is 19.3 Å². The van der Waals surface area contributed by atoms with E-state index in [1.165, 1.54) is 76.5 Å². The highest BCUT2D eigenvalue weighted by atomic mass is 15.1. The first-order valence-electron chi connectivity index (χ1n) is 17.5. The quantitative estimate of drug-likeness (QED) is 0.174. The van der Waals surface area contributed by atoms with Gasteiger partial charge in [-0.2, -0.15) is 0 Å². The molecule has 0 aromatic heterocycles. The average Bonchev–Trinajstić information content (AvgIpc) is 3.40. The number of anilines is 3. The fourth-order valence-electron chi connectivity index (χ4n) is 8.41. The van der Waals surface area contributed by atoms with Crippen molar-refractivity contribution in [2.24, 2.45) is 0 Å². The third-order valence-electron chi connectivity index (χ3n) is 11.0. The highest BCUT2D eigenvalue weighted by Crippen LogP contribution is 2.51. The summed E-state index contributed by atoms with van der Waals surface area (Å²) in [5.74, 6) is 0. The summed E-state index contributed by atoms with van der Waals surface area (Å²) in [6.07, 6.45) is 0. The first kappa shape index (κ1) is 28.8. The maximum absolute atomic E-state index is 2.43. The van der Waals surface area contributed by atoms with Gasteiger partial charge in [-0.3, -0.25) is 0 Å². The number of benzene rings is 9. The molecule has 0 bridgehead atoms. The lowest BCUT2D eigenvalue weighted by Crippen LogP contribution is -2.16. The molecule has 0 N–H and O–H groups in total. The lowest BCUT2D eigenvalue weighted by molar-refractivity contribution is 0.660. The molecule has 0 saturated carbocycles. The molecule has 0 unspecified atom stereocenters. The second-order valence-corrected chi connectivity index (χ2v) is 14.2. The Balaban J connectivity index is 1.14. The smallest absolute Gasteiger partial charge is 0.0468 e. The minimum Gasteiger partial charge on any atom is -0.310 e. The predicted octanol–water partition coefficient (Wildman–Crippen LogP) is 13.7. The molecule has 50 heavy (non-hydrogen) atoms. The second kappa shape index (κ2) is 10.9. The van der Waals surface area contributed by atoms with Crippen LogP contribution in [0.15, 0.2) is 176 Å². The highest BCUT2D eigenvalue weighted by Gasteiger charge is 2.35. The van der Waals surface area contributed by atoms with Crippen molar-refractivity contribution in [1.29, 1.82) is 0 Å². The van der Waals surface area contributed by atoms with Gasteiger partial charge in [0.2, 0.25) is 0 Å². The van der Waals surface area contributed by atoms with Crippen molar-refractivity contribution in [3.63, 3.8) is 0 Å². The zero-order valence-electron chi connectivity index (χ0n) is 28.2. The van der Waals surface area contributed by atoms with Gasteiger partial charge in [0.25, 0.3) is 0 Å². The van der Waals surface area contributed by atoms with E-state index in [9.17, 15) is 0 Å². The van der Waals surface area contributed by atoms with E-state index in [-0.39, 0.29) is 5.41 Å². The molecule has 1 aliphatic carbocycles. The Morgan fingerprint density at radius 2 is 0.940 bits per heavy atom. The van der Waals surface area contributed by atoms with Crippen LogP contribution in [0.4, 0.5) is 17.1 Å². The van der Waals surface area contributed by atoms with Crippen LogP contribution in [-0.2, 0) is 5.41 Å². The summed E-state index contributed by atoms with van der Waals surface area (Å²) in [7, 11) is 0. The number of nitrogens with zero attached hydrogens (tertiary/aromatic N) is 1. The van der Waals surface area contributed by atoms with Crippen LogP contribution in [0.1, 0.15) is 25.0 Å². The van der Waals surface area contributed by atoms with Gasteiger partial charge in [-0.05, 0) is 119 Å². The van der Waals surface area contributed by atoms with Crippen molar-refractivity contribution in [3.8, 4) is 22.3 Å². The minimum absolute atomic E-state index is 0.0864. The minimum atomic E-state index is -0.0864. The SMILES string of the molecule is CC1(C)c2ccccc2-c2ccc(N(c3ccc(-c4ccc5ccccc5c4)cc3)c3ccc4c(ccc5ccc6ccccc6c54)c3)cc21.